The third-order valence-electron chi connectivity index (χ3n) is 2.16. The Bertz CT molecular complexity index is 219. The molecule has 88 valence electrons. The molecule has 0 saturated heterocycles. The molecule has 5 heteroatoms. The van der Waals surface area contributed by atoms with Gasteiger partial charge >= 0.3 is 0 Å². The van der Waals surface area contributed by atoms with Crippen molar-refractivity contribution < 1.29 is 14.7 Å². The number of aliphatic hydroxyl groups is 1. The van der Waals surface area contributed by atoms with Gasteiger partial charge in [0.1, 0.15) is 5.78 Å². The zero-order valence-electron chi connectivity index (χ0n) is 9.32. The van der Waals surface area contributed by atoms with Gasteiger partial charge in [0.2, 0.25) is 5.91 Å². The van der Waals surface area contributed by atoms with Crippen LogP contribution in [0.25, 0.3) is 0 Å². The fraction of sp³-hybridized carbons (Fsp3) is 0.800. The Hall–Kier alpha value is -0.940. The fourth-order valence-corrected chi connectivity index (χ4v) is 1.05. The lowest BCUT2D eigenvalue weighted by atomic mass is 10.0. The molecule has 2 unspecified atom stereocenters. The van der Waals surface area contributed by atoms with E-state index in [0.717, 1.165) is 0 Å². The minimum atomic E-state index is -0.719. The number of carbonyl (C=O) groups excluding carboxylic acids is 2. The maximum Gasteiger partial charge on any atom is 0.223 e. The van der Waals surface area contributed by atoms with E-state index in [1.54, 1.807) is 13.8 Å². The second-order valence-corrected chi connectivity index (χ2v) is 3.63. The van der Waals surface area contributed by atoms with E-state index in [0.29, 0.717) is 6.42 Å². The van der Waals surface area contributed by atoms with Crippen LogP contribution >= 0.6 is 0 Å². The Labute approximate surface area is 90.0 Å². The van der Waals surface area contributed by atoms with E-state index in [-0.39, 0.29) is 37.1 Å². The zero-order valence-corrected chi connectivity index (χ0v) is 9.32. The van der Waals surface area contributed by atoms with Crippen LogP contribution in [0.2, 0.25) is 0 Å². The first-order valence-corrected chi connectivity index (χ1v) is 5.18. The van der Waals surface area contributed by atoms with E-state index in [1.807, 2.05) is 0 Å². The Balaban J connectivity index is 3.84. The zero-order chi connectivity index (χ0) is 11.8. The van der Waals surface area contributed by atoms with Gasteiger partial charge in [-0.15, -0.1) is 0 Å². The van der Waals surface area contributed by atoms with Crippen LogP contribution in [0.5, 0.6) is 0 Å². The fourth-order valence-electron chi connectivity index (χ4n) is 1.05. The van der Waals surface area contributed by atoms with Gasteiger partial charge in [0.15, 0.2) is 0 Å². The topological polar surface area (TPSA) is 92.4 Å². The molecule has 0 aliphatic rings. The number of hydrogen-bond donors (Lipinski definition) is 3. The number of carbonyl (C=O) groups is 2. The standard InChI is InChI=1S/C10H20N2O3/c1-3-8(13)4-7(2)10(15)12-6-9(14)5-11/h7,9,14H,3-6,11H2,1-2H3,(H,12,15). The number of Topliss-reactive ketones (excluding diaryl/α,β-unsaturated/α-hetero) is 1. The second-order valence-electron chi connectivity index (χ2n) is 3.63. The minimum absolute atomic E-state index is 0.0667. The van der Waals surface area contributed by atoms with E-state index >= 15 is 0 Å². The Morgan fingerprint density at radius 3 is 2.53 bits per heavy atom. The van der Waals surface area contributed by atoms with E-state index in [9.17, 15) is 9.59 Å². The average Bonchev–Trinajstić information content (AvgIpc) is 2.24. The first-order valence-electron chi connectivity index (χ1n) is 5.18. The van der Waals surface area contributed by atoms with E-state index < -0.39 is 6.10 Å². The van der Waals surface area contributed by atoms with E-state index in [4.69, 9.17) is 10.8 Å². The smallest absolute Gasteiger partial charge is 0.223 e. The molecular weight excluding hydrogens is 196 g/mol. The molecule has 4 N–H and O–H groups in total. The van der Waals surface area contributed by atoms with Gasteiger partial charge in [-0.25, -0.2) is 0 Å². The summed E-state index contributed by atoms with van der Waals surface area (Å²) in [6.45, 7) is 3.71. The predicted molar refractivity (Wildman–Crippen MR) is 57.1 cm³/mol. The molecule has 0 rings (SSSR count). The maximum atomic E-state index is 11.4. The third-order valence-corrected chi connectivity index (χ3v) is 2.16. The molecule has 5 nitrogen and oxygen atoms in total. The van der Waals surface area contributed by atoms with Crippen LogP contribution in [0.3, 0.4) is 0 Å². The molecule has 0 bridgehead atoms. The van der Waals surface area contributed by atoms with E-state index in [1.165, 1.54) is 0 Å². The summed E-state index contributed by atoms with van der Waals surface area (Å²) in [6, 6.07) is 0. The molecular formula is C10H20N2O3. The van der Waals surface area contributed by atoms with Crippen molar-refractivity contribution in [2.24, 2.45) is 11.7 Å². The summed E-state index contributed by atoms with van der Waals surface area (Å²) < 4.78 is 0. The lowest BCUT2D eigenvalue weighted by Crippen LogP contribution is -2.38. The van der Waals surface area contributed by atoms with Crippen LogP contribution in [0.15, 0.2) is 0 Å². The number of aliphatic hydroxyl groups excluding tert-OH is 1. The largest absolute Gasteiger partial charge is 0.390 e. The molecule has 0 aromatic rings. The summed E-state index contributed by atoms with van der Waals surface area (Å²) in [5.74, 6) is -0.497. The quantitative estimate of drug-likeness (QED) is 0.531. The number of nitrogens with one attached hydrogen (secondary N) is 1. The van der Waals surface area contributed by atoms with Crippen LogP contribution in [0.4, 0.5) is 0 Å². The third kappa shape index (κ3) is 6.19. The summed E-state index contributed by atoms with van der Waals surface area (Å²) in [7, 11) is 0. The first-order chi connectivity index (χ1) is 7.01. The van der Waals surface area contributed by atoms with Crippen molar-refractivity contribution in [3.8, 4) is 0 Å². The van der Waals surface area contributed by atoms with Gasteiger partial charge in [-0.05, 0) is 0 Å². The average molecular weight is 216 g/mol. The molecule has 0 radical (unpaired) electrons. The molecule has 0 spiro atoms. The molecule has 0 aromatic carbocycles. The maximum absolute atomic E-state index is 11.4. The van der Waals surface area contributed by atoms with Crippen LogP contribution < -0.4 is 11.1 Å². The number of ketones is 1. The number of amides is 1. The van der Waals surface area contributed by atoms with Crippen LogP contribution in [0.1, 0.15) is 26.7 Å². The predicted octanol–water partition coefficient (Wildman–Crippen LogP) is -0.572. The lowest BCUT2D eigenvalue weighted by molar-refractivity contribution is -0.129. The van der Waals surface area contributed by atoms with Crippen molar-refractivity contribution in [3.05, 3.63) is 0 Å². The highest BCUT2D eigenvalue weighted by molar-refractivity contribution is 5.86. The molecule has 0 aliphatic carbocycles. The number of nitrogens with two attached hydrogens (primary N) is 1. The van der Waals surface area contributed by atoms with Gasteiger partial charge in [0, 0.05) is 31.8 Å². The van der Waals surface area contributed by atoms with Crippen molar-refractivity contribution in [2.45, 2.75) is 32.8 Å². The van der Waals surface area contributed by atoms with Gasteiger partial charge in [-0.3, -0.25) is 9.59 Å². The first kappa shape index (κ1) is 14.1. The molecule has 1 amide bonds. The van der Waals surface area contributed by atoms with Gasteiger partial charge < -0.3 is 16.2 Å². The van der Waals surface area contributed by atoms with Crippen molar-refractivity contribution in [2.75, 3.05) is 13.1 Å². The SMILES string of the molecule is CCC(=O)CC(C)C(=O)NCC(O)CN. The van der Waals surface area contributed by atoms with Crippen LogP contribution in [-0.4, -0.2) is 36.0 Å². The van der Waals surface area contributed by atoms with Gasteiger partial charge in [0.25, 0.3) is 0 Å². The number of rotatable bonds is 7. The van der Waals surface area contributed by atoms with Gasteiger partial charge in [-0.2, -0.15) is 0 Å². The molecule has 0 heterocycles. The van der Waals surface area contributed by atoms with Gasteiger partial charge in [-0.1, -0.05) is 13.8 Å². The summed E-state index contributed by atoms with van der Waals surface area (Å²) in [5, 5.41) is 11.7. The molecule has 0 aliphatic heterocycles. The molecule has 15 heavy (non-hydrogen) atoms. The monoisotopic (exact) mass is 216 g/mol. The summed E-state index contributed by atoms with van der Waals surface area (Å²) >= 11 is 0. The van der Waals surface area contributed by atoms with Crippen molar-refractivity contribution in [1.82, 2.24) is 5.32 Å². The van der Waals surface area contributed by atoms with Crippen molar-refractivity contribution in [3.63, 3.8) is 0 Å². The van der Waals surface area contributed by atoms with Crippen molar-refractivity contribution in [1.29, 1.82) is 0 Å². The highest BCUT2D eigenvalue weighted by Gasteiger charge is 2.16. The Morgan fingerprint density at radius 1 is 1.47 bits per heavy atom. The van der Waals surface area contributed by atoms with Crippen molar-refractivity contribution >= 4 is 11.7 Å². The Morgan fingerprint density at radius 2 is 2.07 bits per heavy atom. The molecule has 2 atom stereocenters. The Kier molecular flexibility index (Phi) is 6.90. The van der Waals surface area contributed by atoms with Crippen LogP contribution in [-0.2, 0) is 9.59 Å². The van der Waals surface area contributed by atoms with Gasteiger partial charge in [0.05, 0.1) is 6.10 Å². The molecule has 0 aromatic heterocycles. The normalized spacial score (nSPS) is 14.4. The molecule has 0 fully saturated rings. The van der Waals surface area contributed by atoms with E-state index in [2.05, 4.69) is 5.32 Å². The number of hydrogen-bond acceptors (Lipinski definition) is 4. The van der Waals surface area contributed by atoms with Crippen LogP contribution in [0, 0.1) is 5.92 Å². The highest BCUT2D eigenvalue weighted by atomic mass is 16.3. The minimum Gasteiger partial charge on any atom is -0.390 e. The summed E-state index contributed by atoms with van der Waals surface area (Å²) in [4.78, 5) is 22.5. The highest BCUT2D eigenvalue weighted by Crippen LogP contribution is 2.04. The molecule has 0 saturated carbocycles. The summed E-state index contributed by atoms with van der Waals surface area (Å²) in [6.07, 6.45) is -0.0209. The summed E-state index contributed by atoms with van der Waals surface area (Å²) in [5.41, 5.74) is 5.18. The second kappa shape index (κ2) is 7.36. The lowest BCUT2D eigenvalue weighted by Gasteiger charge is -2.13.